The van der Waals surface area contributed by atoms with Crippen molar-refractivity contribution in [2.75, 3.05) is 13.2 Å². The second kappa shape index (κ2) is 6.54. The van der Waals surface area contributed by atoms with Gasteiger partial charge in [-0.3, -0.25) is 0 Å². The molecule has 6 aliphatic carbocycles. The fourth-order valence-corrected chi connectivity index (χ4v) is 12.6. The van der Waals surface area contributed by atoms with Crippen molar-refractivity contribution in [2.45, 2.75) is 97.2 Å². The summed E-state index contributed by atoms with van der Waals surface area (Å²) in [5, 5.41) is 9.14. The smallest absolute Gasteiger partial charge is 0.171 e. The number of ether oxygens (including phenoxy) is 2. The van der Waals surface area contributed by atoms with Crippen LogP contribution in [0.15, 0.2) is 0 Å². The molecule has 7 fully saturated rings. The highest BCUT2D eigenvalue weighted by atomic mass is 16.7. The van der Waals surface area contributed by atoms with E-state index in [-0.39, 0.29) is 5.79 Å². The molecule has 3 heteroatoms. The third-order valence-electron chi connectivity index (χ3n) is 13.6. The Balaban J connectivity index is 1.20. The minimum Gasteiger partial charge on any atom is -0.347 e. The first kappa shape index (κ1) is 20.8. The maximum Gasteiger partial charge on any atom is 0.171 e. The summed E-state index contributed by atoms with van der Waals surface area (Å²) in [6.07, 6.45) is 14.5. The van der Waals surface area contributed by atoms with Gasteiger partial charge in [-0.15, -0.1) is 0 Å². The van der Waals surface area contributed by atoms with Crippen LogP contribution >= 0.6 is 0 Å². The van der Waals surface area contributed by atoms with E-state index >= 15 is 0 Å². The Kier molecular flexibility index (Phi) is 4.24. The highest BCUT2D eigenvalue weighted by Gasteiger charge is 2.83. The summed E-state index contributed by atoms with van der Waals surface area (Å²) in [6, 6.07) is 2.41. The van der Waals surface area contributed by atoms with Gasteiger partial charge in [-0.2, -0.15) is 5.26 Å². The second-order valence-corrected chi connectivity index (χ2v) is 13.8. The molecule has 176 valence electrons. The summed E-state index contributed by atoms with van der Waals surface area (Å²) in [6.45, 7) is 9.51. The molecule has 1 heterocycles. The molecular formula is C29H43NO2. The molecule has 1 saturated heterocycles. The van der Waals surface area contributed by atoms with Gasteiger partial charge in [0.15, 0.2) is 5.79 Å². The number of hydrogen-bond donors (Lipinski definition) is 0. The first-order valence-electron chi connectivity index (χ1n) is 14.1. The van der Waals surface area contributed by atoms with Crippen molar-refractivity contribution in [2.24, 2.45) is 63.6 Å². The Morgan fingerprint density at radius 1 is 0.938 bits per heavy atom. The lowest BCUT2D eigenvalue weighted by Gasteiger charge is -2.84. The van der Waals surface area contributed by atoms with Crippen LogP contribution in [0.1, 0.15) is 91.4 Å². The second-order valence-electron chi connectivity index (χ2n) is 13.8. The van der Waals surface area contributed by atoms with Gasteiger partial charge >= 0.3 is 0 Å². The topological polar surface area (TPSA) is 42.2 Å². The van der Waals surface area contributed by atoms with E-state index < -0.39 is 0 Å². The minimum absolute atomic E-state index is 0.209. The van der Waals surface area contributed by atoms with Crippen LogP contribution in [0.5, 0.6) is 0 Å². The minimum atomic E-state index is -0.209. The van der Waals surface area contributed by atoms with Gasteiger partial charge in [0.25, 0.3) is 0 Å². The Morgan fingerprint density at radius 3 is 2.47 bits per heavy atom. The summed E-state index contributed by atoms with van der Waals surface area (Å²) < 4.78 is 12.8. The zero-order chi connectivity index (χ0) is 21.9. The van der Waals surface area contributed by atoms with Crippen molar-refractivity contribution in [3.05, 3.63) is 0 Å². The van der Waals surface area contributed by atoms with Crippen molar-refractivity contribution in [3.63, 3.8) is 0 Å². The largest absolute Gasteiger partial charge is 0.347 e. The van der Waals surface area contributed by atoms with E-state index in [1.54, 1.807) is 0 Å². The van der Waals surface area contributed by atoms with Crippen molar-refractivity contribution >= 4 is 0 Å². The zero-order valence-corrected chi connectivity index (χ0v) is 20.6. The van der Waals surface area contributed by atoms with E-state index in [1.165, 1.54) is 51.4 Å². The maximum atomic E-state index is 9.14. The predicted molar refractivity (Wildman–Crippen MR) is 123 cm³/mol. The molecule has 1 aliphatic heterocycles. The van der Waals surface area contributed by atoms with Gasteiger partial charge in [-0.1, -0.05) is 20.8 Å². The molecule has 0 bridgehead atoms. The Morgan fingerprint density at radius 2 is 1.72 bits per heavy atom. The van der Waals surface area contributed by atoms with Gasteiger partial charge in [0.2, 0.25) is 0 Å². The van der Waals surface area contributed by atoms with Gasteiger partial charge in [0.1, 0.15) is 0 Å². The van der Waals surface area contributed by atoms with Crippen LogP contribution in [-0.4, -0.2) is 19.0 Å². The third kappa shape index (κ3) is 2.14. The molecule has 3 nitrogen and oxygen atoms in total. The van der Waals surface area contributed by atoms with E-state index in [0.29, 0.717) is 28.1 Å². The van der Waals surface area contributed by atoms with Crippen LogP contribution in [0.2, 0.25) is 0 Å². The first-order valence-corrected chi connectivity index (χ1v) is 14.1. The zero-order valence-electron chi connectivity index (χ0n) is 20.6. The molecule has 2 spiro atoms. The van der Waals surface area contributed by atoms with Crippen LogP contribution in [0.3, 0.4) is 0 Å². The summed E-state index contributed by atoms with van der Waals surface area (Å²) in [7, 11) is 0. The number of nitriles is 1. The quantitative estimate of drug-likeness (QED) is 0.501. The van der Waals surface area contributed by atoms with Crippen molar-refractivity contribution < 1.29 is 9.47 Å². The number of fused-ring (bicyclic) bond motifs is 5. The average molecular weight is 438 g/mol. The molecule has 0 amide bonds. The van der Waals surface area contributed by atoms with Crippen molar-refractivity contribution in [3.8, 4) is 6.07 Å². The Labute approximate surface area is 195 Å². The molecule has 7 unspecified atom stereocenters. The summed E-state index contributed by atoms with van der Waals surface area (Å²) in [5.41, 5.74) is 1.58. The summed E-state index contributed by atoms with van der Waals surface area (Å²) in [5.74, 6) is 6.71. The normalized spacial score (nSPS) is 57.2. The molecular weight excluding hydrogens is 394 g/mol. The highest BCUT2D eigenvalue weighted by Crippen LogP contribution is 2.86. The van der Waals surface area contributed by atoms with Gasteiger partial charge in [0.05, 0.1) is 19.3 Å². The lowest BCUT2D eigenvalue weighted by atomic mass is 9.21. The van der Waals surface area contributed by atoms with Crippen LogP contribution in [0.4, 0.5) is 0 Å². The van der Waals surface area contributed by atoms with Crippen molar-refractivity contribution in [1.29, 1.82) is 5.26 Å². The van der Waals surface area contributed by atoms with Crippen LogP contribution < -0.4 is 0 Å². The first-order chi connectivity index (χ1) is 15.4. The van der Waals surface area contributed by atoms with Gasteiger partial charge < -0.3 is 9.47 Å². The van der Waals surface area contributed by atoms with Gasteiger partial charge in [-0.25, -0.2) is 0 Å². The fraction of sp³-hybridized carbons (Fsp3) is 0.966. The lowest BCUT2D eigenvalue weighted by Crippen LogP contribution is -2.80. The third-order valence-corrected chi connectivity index (χ3v) is 13.6. The molecule has 11 atom stereocenters. The van der Waals surface area contributed by atoms with E-state index in [0.717, 1.165) is 68.0 Å². The van der Waals surface area contributed by atoms with E-state index in [2.05, 4.69) is 26.8 Å². The highest BCUT2D eigenvalue weighted by molar-refractivity contribution is 5.29. The van der Waals surface area contributed by atoms with E-state index in [4.69, 9.17) is 14.7 Å². The number of nitrogens with zero attached hydrogens (tertiary/aromatic N) is 1. The maximum absolute atomic E-state index is 9.14. The predicted octanol–water partition coefficient (Wildman–Crippen LogP) is 6.57. The lowest BCUT2D eigenvalue weighted by molar-refractivity contribution is -0.412. The summed E-state index contributed by atoms with van der Waals surface area (Å²) in [4.78, 5) is 0. The molecule has 32 heavy (non-hydrogen) atoms. The number of hydrogen-bond acceptors (Lipinski definition) is 3. The molecule has 6 saturated carbocycles. The van der Waals surface area contributed by atoms with E-state index in [9.17, 15) is 0 Å². The molecule has 0 N–H and O–H groups in total. The average Bonchev–Trinajstić information content (AvgIpc) is 3.37. The SMILES string of the molecule is C[C@H](CCC#N)C1CCC2C3CC4CC5CC6C7(CC[C@](C)(C3CC[C@@]21C)[C@@]456)OCCO7. The van der Waals surface area contributed by atoms with Crippen LogP contribution in [0.25, 0.3) is 0 Å². The summed E-state index contributed by atoms with van der Waals surface area (Å²) >= 11 is 0. The molecule has 0 aromatic rings. The molecule has 0 radical (unpaired) electrons. The van der Waals surface area contributed by atoms with Crippen molar-refractivity contribution in [1.82, 2.24) is 0 Å². The van der Waals surface area contributed by atoms with Gasteiger partial charge in [-0.05, 0) is 115 Å². The fourth-order valence-electron chi connectivity index (χ4n) is 12.6. The monoisotopic (exact) mass is 437 g/mol. The molecule has 0 aromatic heterocycles. The van der Waals surface area contributed by atoms with Gasteiger partial charge in [0, 0.05) is 18.8 Å². The molecule has 7 aliphatic rings. The Hall–Kier alpha value is -0.590. The van der Waals surface area contributed by atoms with Crippen LogP contribution in [-0.2, 0) is 9.47 Å². The van der Waals surface area contributed by atoms with Crippen LogP contribution in [0, 0.1) is 74.9 Å². The standard InChI is InChI=1S/C29H43NO2/c1-18(5-4-12-30)22-6-7-23-21-16-19-15-20-17-25-28(31-13-14-32-28)11-10-27(3,29(19,20)25)24(21)8-9-26(22,23)2/h18-25H,4-11,13-17H2,1-3H3/t18-,19?,20?,21?,22?,23?,24?,25?,26-,27-,29+/m1/s1. The van der Waals surface area contributed by atoms with E-state index in [1.807, 2.05) is 0 Å². The molecule has 7 rings (SSSR count). The Bertz CT molecular complexity index is 843. The number of rotatable bonds is 3. The molecule has 0 aromatic carbocycles.